The van der Waals surface area contributed by atoms with Crippen LogP contribution in [0.2, 0.25) is 0 Å². The molecule has 0 aromatic heterocycles. The highest BCUT2D eigenvalue weighted by Gasteiger charge is 2.10. The maximum atomic E-state index is 12.2. The van der Waals surface area contributed by atoms with Crippen molar-refractivity contribution in [3.05, 3.63) is 59.7 Å². The highest BCUT2D eigenvalue weighted by molar-refractivity contribution is 5.90. The van der Waals surface area contributed by atoms with Gasteiger partial charge in [-0.25, -0.2) is 4.79 Å². The number of hydrogen-bond donors (Lipinski definition) is 2. The van der Waals surface area contributed by atoms with E-state index in [2.05, 4.69) is 30.5 Å². The largest absolute Gasteiger partial charge is 0.494 e. The van der Waals surface area contributed by atoms with Gasteiger partial charge in [0.25, 0.3) is 0 Å². The summed E-state index contributed by atoms with van der Waals surface area (Å²) in [5.41, 5.74) is 3.07. The average molecular weight is 326 g/mol. The molecule has 2 rings (SSSR count). The molecule has 24 heavy (non-hydrogen) atoms. The fourth-order valence-corrected chi connectivity index (χ4v) is 2.48. The van der Waals surface area contributed by atoms with E-state index in [1.54, 1.807) is 0 Å². The molecule has 2 N–H and O–H groups in total. The summed E-state index contributed by atoms with van der Waals surface area (Å²) < 4.78 is 5.41. The predicted octanol–water partition coefficient (Wildman–Crippen LogP) is 4.92. The van der Waals surface area contributed by atoms with Gasteiger partial charge < -0.3 is 15.4 Å². The normalized spacial score (nSPS) is 11.6. The molecule has 0 aliphatic carbocycles. The molecule has 128 valence electrons. The number of hydrogen-bond acceptors (Lipinski definition) is 2. The standard InChI is InChI=1S/C20H26N2O2/c1-4-15(3)18-8-6-7-9-19(18)22-20(23)21-14-16-10-12-17(13-11-16)24-5-2/h6-13,15H,4-5,14H2,1-3H3,(H2,21,22,23). The number of rotatable bonds is 7. The van der Waals surface area contributed by atoms with Crippen molar-refractivity contribution in [3.8, 4) is 5.75 Å². The number of para-hydroxylation sites is 1. The number of urea groups is 1. The van der Waals surface area contributed by atoms with Crippen molar-refractivity contribution in [2.45, 2.75) is 39.7 Å². The molecule has 0 aliphatic rings. The lowest BCUT2D eigenvalue weighted by Gasteiger charge is -2.16. The molecule has 2 aromatic carbocycles. The van der Waals surface area contributed by atoms with E-state index in [-0.39, 0.29) is 6.03 Å². The van der Waals surface area contributed by atoms with Gasteiger partial charge in [0.2, 0.25) is 0 Å². The Labute approximate surface area is 144 Å². The van der Waals surface area contributed by atoms with E-state index in [0.29, 0.717) is 19.1 Å². The van der Waals surface area contributed by atoms with E-state index in [9.17, 15) is 4.79 Å². The Hall–Kier alpha value is -2.49. The number of ether oxygens (including phenoxy) is 1. The molecule has 2 aromatic rings. The highest BCUT2D eigenvalue weighted by atomic mass is 16.5. The summed E-state index contributed by atoms with van der Waals surface area (Å²) in [4.78, 5) is 12.2. The quantitative estimate of drug-likeness (QED) is 0.758. The molecule has 4 nitrogen and oxygen atoms in total. The van der Waals surface area contributed by atoms with Crippen LogP contribution in [-0.2, 0) is 6.54 Å². The second kappa shape index (κ2) is 8.96. The molecule has 0 aliphatic heterocycles. The fraction of sp³-hybridized carbons (Fsp3) is 0.350. The van der Waals surface area contributed by atoms with Crippen LogP contribution >= 0.6 is 0 Å². The van der Waals surface area contributed by atoms with Gasteiger partial charge in [0, 0.05) is 12.2 Å². The van der Waals surface area contributed by atoms with E-state index < -0.39 is 0 Å². The Bertz CT molecular complexity index is 653. The highest BCUT2D eigenvalue weighted by Crippen LogP contribution is 2.26. The molecule has 2 amide bonds. The number of carbonyl (C=O) groups is 1. The van der Waals surface area contributed by atoms with E-state index in [1.807, 2.05) is 49.4 Å². The average Bonchev–Trinajstić information content (AvgIpc) is 2.61. The number of amides is 2. The van der Waals surface area contributed by atoms with Crippen molar-refractivity contribution in [1.29, 1.82) is 0 Å². The van der Waals surface area contributed by atoms with Crippen molar-refractivity contribution in [1.82, 2.24) is 5.32 Å². The van der Waals surface area contributed by atoms with Crippen LogP contribution in [0.3, 0.4) is 0 Å². The molecular weight excluding hydrogens is 300 g/mol. The van der Waals surface area contributed by atoms with Gasteiger partial charge in [0.15, 0.2) is 0 Å². The summed E-state index contributed by atoms with van der Waals surface area (Å²) in [5, 5.41) is 5.85. The third kappa shape index (κ3) is 5.01. The van der Waals surface area contributed by atoms with Crippen LogP contribution in [0.5, 0.6) is 5.75 Å². The van der Waals surface area contributed by atoms with Gasteiger partial charge in [-0.2, -0.15) is 0 Å². The van der Waals surface area contributed by atoms with Gasteiger partial charge in [-0.15, -0.1) is 0 Å². The van der Waals surface area contributed by atoms with Gasteiger partial charge in [-0.3, -0.25) is 0 Å². The second-order valence-electron chi connectivity index (χ2n) is 5.78. The lowest BCUT2D eigenvalue weighted by Crippen LogP contribution is -2.28. The fourth-order valence-electron chi connectivity index (χ4n) is 2.48. The van der Waals surface area contributed by atoms with Crippen molar-refractivity contribution in [3.63, 3.8) is 0 Å². The van der Waals surface area contributed by atoms with Crippen molar-refractivity contribution >= 4 is 11.7 Å². The van der Waals surface area contributed by atoms with Crippen LogP contribution in [0.15, 0.2) is 48.5 Å². The minimum Gasteiger partial charge on any atom is -0.494 e. The number of nitrogens with one attached hydrogen (secondary N) is 2. The SMILES string of the molecule is CCOc1ccc(CNC(=O)Nc2ccccc2C(C)CC)cc1. The Balaban J connectivity index is 1.92. The molecule has 0 bridgehead atoms. The molecule has 0 heterocycles. The monoisotopic (exact) mass is 326 g/mol. The van der Waals surface area contributed by atoms with E-state index in [4.69, 9.17) is 4.74 Å². The lowest BCUT2D eigenvalue weighted by molar-refractivity contribution is 0.251. The first-order valence-electron chi connectivity index (χ1n) is 8.49. The van der Waals surface area contributed by atoms with Gasteiger partial charge in [0.05, 0.1) is 6.61 Å². The maximum Gasteiger partial charge on any atom is 0.319 e. The van der Waals surface area contributed by atoms with E-state index >= 15 is 0 Å². The number of benzene rings is 2. The molecule has 0 saturated heterocycles. The van der Waals surface area contributed by atoms with Crippen LogP contribution in [0, 0.1) is 0 Å². The first-order valence-corrected chi connectivity index (χ1v) is 8.49. The summed E-state index contributed by atoms with van der Waals surface area (Å²) >= 11 is 0. The third-order valence-corrected chi connectivity index (χ3v) is 4.04. The summed E-state index contributed by atoms with van der Waals surface area (Å²) in [7, 11) is 0. The summed E-state index contributed by atoms with van der Waals surface area (Å²) in [6.07, 6.45) is 1.03. The molecule has 0 saturated carbocycles. The number of anilines is 1. The minimum absolute atomic E-state index is 0.195. The predicted molar refractivity (Wildman–Crippen MR) is 98.6 cm³/mol. The lowest BCUT2D eigenvalue weighted by atomic mass is 9.97. The first-order chi connectivity index (χ1) is 11.6. The first kappa shape index (κ1) is 17.9. The Kier molecular flexibility index (Phi) is 6.67. The summed E-state index contributed by atoms with van der Waals surface area (Å²) in [6, 6.07) is 15.5. The number of carbonyl (C=O) groups excluding carboxylic acids is 1. The maximum absolute atomic E-state index is 12.2. The van der Waals surface area contributed by atoms with Crippen LogP contribution in [0.1, 0.15) is 44.2 Å². The van der Waals surface area contributed by atoms with Gasteiger partial charge in [-0.1, -0.05) is 44.2 Å². The molecule has 4 heteroatoms. The topological polar surface area (TPSA) is 50.4 Å². The summed E-state index contributed by atoms with van der Waals surface area (Å²) in [5.74, 6) is 1.25. The Morgan fingerprint density at radius 1 is 1.08 bits per heavy atom. The van der Waals surface area contributed by atoms with E-state index in [0.717, 1.165) is 29.0 Å². The molecular formula is C20H26N2O2. The Morgan fingerprint density at radius 3 is 2.46 bits per heavy atom. The second-order valence-corrected chi connectivity index (χ2v) is 5.78. The smallest absolute Gasteiger partial charge is 0.319 e. The molecule has 1 atom stereocenters. The molecule has 0 fully saturated rings. The van der Waals surface area contributed by atoms with Crippen molar-refractivity contribution in [2.75, 3.05) is 11.9 Å². The minimum atomic E-state index is -0.195. The zero-order valence-electron chi connectivity index (χ0n) is 14.6. The molecule has 0 radical (unpaired) electrons. The van der Waals surface area contributed by atoms with Crippen LogP contribution < -0.4 is 15.4 Å². The van der Waals surface area contributed by atoms with E-state index in [1.165, 1.54) is 0 Å². The van der Waals surface area contributed by atoms with Crippen LogP contribution in [0.25, 0.3) is 0 Å². The van der Waals surface area contributed by atoms with Crippen LogP contribution in [-0.4, -0.2) is 12.6 Å². The summed E-state index contributed by atoms with van der Waals surface area (Å²) in [6.45, 7) is 7.39. The molecule has 0 spiro atoms. The zero-order chi connectivity index (χ0) is 17.4. The zero-order valence-corrected chi connectivity index (χ0v) is 14.6. The molecule has 1 unspecified atom stereocenters. The van der Waals surface area contributed by atoms with Gasteiger partial charge >= 0.3 is 6.03 Å². The van der Waals surface area contributed by atoms with Gasteiger partial charge in [0.1, 0.15) is 5.75 Å². The van der Waals surface area contributed by atoms with Crippen molar-refractivity contribution < 1.29 is 9.53 Å². The Morgan fingerprint density at radius 2 is 1.79 bits per heavy atom. The third-order valence-electron chi connectivity index (χ3n) is 4.04. The van der Waals surface area contributed by atoms with Gasteiger partial charge in [-0.05, 0) is 48.6 Å². The van der Waals surface area contributed by atoms with Crippen LogP contribution in [0.4, 0.5) is 10.5 Å². The van der Waals surface area contributed by atoms with Crippen molar-refractivity contribution in [2.24, 2.45) is 0 Å².